The molecule has 2 rings (SSSR count). The van der Waals surface area contributed by atoms with Crippen LogP contribution in [0.15, 0.2) is 16.9 Å². The molecule has 0 aromatic carbocycles. The van der Waals surface area contributed by atoms with E-state index in [1.54, 1.807) is 0 Å². The van der Waals surface area contributed by atoms with Gasteiger partial charge in [-0.1, -0.05) is 5.16 Å². The third-order valence-electron chi connectivity index (χ3n) is 2.00. The number of nitrogens with zero attached hydrogens (tertiary/aromatic N) is 4. The van der Waals surface area contributed by atoms with E-state index in [-0.39, 0.29) is 23.8 Å². The van der Waals surface area contributed by atoms with Crippen molar-refractivity contribution < 1.29 is 24.0 Å². The van der Waals surface area contributed by atoms with Gasteiger partial charge in [-0.3, -0.25) is 0 Å². The quantitative estimate of drug-likeness (QED) is 0.742. The van der Waals surface area contributed by atoms with Crippen LogP contribution in [0.2, 0.25) is 0 Å². The molecule has 0 fully saturated rings. The van der Waals surface area contributed by atoms with E-state index in [9.17, 15) is 9.59 Å². The molecular weight excluding hydrogens is 244 g/mol. The Kier molecular flexibility index (Phi) is 3.04. The number of carbonyl (C=O) groups is 2. The van der Waals surface area contributed by atoms with E-state index in [2.05, 4.69) is 20.0 Å². The summed E-state index contributed by atoms with van der Waals surface area (Å²) in [5, 5.41) is 15.8. The van der Waals surface area contributed by atoms with E-state index >= 15 is 0 Å². The highest BCUT2D eigenvalue weighted by atomic mass is 16.5. The first-order chi connectivity index (χ1) is 8.60. The molecule has 0 radical (unpaired) electrons. The fraction of sp³-hybridized carbons (Fsp3) is 0.222. The van der Waals surface area contributed by atoms with E-state index in [1.807, 2.05) is 0 Å². The summed E-state index contributed by atoms with van der Waals surface area (Å²) in [6.45, 7) is 0.115. The number of esters is 1. The Morgan fingerprint density at radius 3 is 2.94 bits per heavy atom. The van der Waals surface area contributed by atoms with Gasteiger partial charge in [-0.25, -0.2) is 19.3 Å². The van der Waals surface area contributed by atoms with Crippen molar-refractivity contribution in [2.75, 3.05) is 7.11 Å². The van der Waals surface area contributed by atoms with Crippen LogP contribution >= 0.6 is 0 Å². The Labute approximate surface area is 100.0 Å². The first-order valence-corrected chi connectivity index (χ1v) is 4.77. The minimum Gasteiger partial charge on any atom is -0.476 e. The summed E-state index contributed by atoms with van der Waals surface area (Å²) in [7, 11) is 1.22. The van der Waals surface area contributed by atoms with Gasteiger partial charge in [-0.15, -0.1) is 5.10 Å². The number of hydrogen-bond acceptors (Lipinski definition) is 7. The van der Waals surface area contributed by atoms with Crippen molar-refractivity contribution in [3.05, 3.63) is 29.7 Å². The number of carboxylic acid groups (broad SMARTS) is 1. The number of methoxy groups -OCH3 is 1. The second-order valence-corrected chi connectivity index (χ2v) is 3.24. The molecule has 2 aromatic rings. The molecule has 0 unspecified atom stereocenters. The Balaban J connectivity index is 2.11. The fourth-order valence-electron chi connectivity index (χ4n) is 1.20. The molecule has 1 N–H and O–H groups in total. The van der Waals surface area contributed by atoms with Crippen LogP contribution in [0.5, 0.6) is 0 Å². The van der Waals surface area contributed by atoms with E-state index in [0.29, 0.717) is 0 Å². The lowest BCUT2D eigenvalue weighted by Crippen LogP contribution is -2.06. The zero-order chi connectivity index (χ0) is 13.1. The summed E-state index contributed by atoms with van der Waals surface area (Å²) >= 11 is 0. The maximum atomic E-state index is 11.1. The maximum absolute atomic E-state index is 11.1. The van der Waals surface area contributed by atoms with Crippen molar-refractivity contribution in [3.8, 4) is 0 Å². The molecule has 0 aliphatic carbocycles. The molecule has 0 aliphatic rings. The molecule has 9 heteroatoms. The zero-order valence-electron chi connectivity index (χ0n) is 9.23. The number of ether oxygens (including phenoxy) is 1. The SMILES string of the molecule is COC(=O)c1ncn(Cc2cc(C(=O)O)no2)n1. The van der Waals surface area contributed by atoms with Gasteiger partial charge < -0.3 is 14.4 Å². The lowest BCUT2D eigenvalue weighted by Gasteiger charge is -1.94. The minimum absolute atomic E-state index is 0.0875. The third-order valence-corrected chi connectivity index (χ3v) is 2.00. The smallest absolute Gasteiger partial charge is 0.377 e. The van der Waals surface area contributed by atoms with Gasteiger partial charge in [-0.2, -0.15) is 0 Å². The molecule has 0 saturated carbocycles. The molecule has 9 nitrogen and oxygen atoms in total. The van der Waals surface area contributed by atoms with E-state index < -0.39 is 11.9 Å². The second kappa shape index (κ2) is 4.65. The van der Waals surface area contributed by atoms with Gasteiger partial charge >= 0.3 is 11.9 Å². The molecule has 2 heterocycles. The first-order valence-electron chi connectivity index (χ1n) is 4.77. The van der Waals surface area contributed by atoms with Crippen LogP contribution in [0.1, 0.15) is 26.9 Å². The molecule has 0 spiro atoms. The van der Waals surface area contributed by atoms with Crippen LogP contribution in [0.3, 0.4) is 0 Å². The maximum Gasteiger partial charge on any atom is 0.377 e. The second-order valence-electron chi connectivity index (χ2n) is 3.24. The molecule has 0 amide bonds. The topological polar surface area (TPSA) is 120 Å². The average Bonchev–Trinajstić information content (AvgIpc) is 2.98. The summed E-state index contributed by atoms with van der Waals surface area (Å²) in [4.78, 5) is 25.4. The van der Waals surface area contributed by atoms with Crippen LogP contribution < -0.4 is 0 Å². The Hall–Kier alpha value is -2.71. The third kappa shape index (κ3) is 2.34. The van der Waals surface area contributed by atoms with Crippen LogP contribution in [-0.4, -0.2) is 44.1 Å². The van der Waals surface area contributed by atoms with Crippen molar-refractivity contribution in [3.63, 3.8) is 0 Å². The molecule has 94 valence electrons. The summed E-state index contributed by atoms with van der Waals surface area (Å²) in [5.74, 6) is -1.64. The van der Waals surface area contributed by atoms with Gasteiger partial charge in [0.25, 0.3) is 5.82 Å². The van der Waals surface area contributed by atoms with Gasteiger partial charge in [0.15, 0.2) is 11.5 Å². The monoisotopic (exact) mass is 252 g/mol. The molecular formula is C9H8N4O5. The highest BCUT2D eigenvalue weighted by molar-refractivity contribution is 5.85. The van der Waals surface area contributed by atoms with Crippen LogP contribution in [0.25, 0.3) is 0 Å². The Morgan fingerprint density at radius 2 is 2.33 bits per heavy atom. The van der Waals surface area contributed by atoms with Crippen molar-refractivity contribution in [2.24, 2.45) is 0 Å². The zero-order valence-corrected chi connectivity index (χ0v) is 9.23. The first kappa shape index (κ1) is 11.8. The normalized spacial score (nSPS) is 10.3. The van der Waals surface area contributed by atoms with Crippen molar-refractivity contribution in [2.45, 2.75) is 6.54 Å². The highest BCUT2D eigenvalue weighted by Crippen LogP contribution is 2.05. The molecule has 0 saturated heterocycles. The number of aromatic nitrogens is 4. The van der Waals surface area contributed by atoms with E-state index in [4.69, 9.17) is 9.63 Å². The largest absolute Gasteiger partial charge is 0.476 e. The van der Waals surface area contributed by atoms with E-state index in [1.165, 1.54) is 24.2 Å². The average molecular weight is 252 g/mol. The van der Waals surface area contributed by atoms with Crippen molar-refractivity contribution in [1.29, 1.82) is 0 Å². The lowest BCUT2D eigenvalue weighted by molar-refractivity contribution is 0.0585. The predicted octanol–water partition coefficient (Wildman–Crippen LogP) is -0.201. The van der Waals surface area contributed by atoms with Crippen LogP contribution in [0.4, 0.5) is 0 Å². The minimum atomic E-state index is -1.18. The fourth-order valence-corrected chi connectivity index (χ4v) is 1.20. The summed E-state index contributed by atoms with van der Waals surface area (Å²) in [6, 6.07) is 1.27. The molecule has 0 bridgehead atoms. The van der Waals surface area contributed by atoms with Crippen LogP contribution in [-0.2, 0) is 11.3 Å². The standard InChI is InChI=1S/C9H8N4O5/c1-17-9(16)7-10-4-13(11-7)3-5-2-6(8(14)15)12-18-5/h2,4H,3H2,1H3,(H,14,15). The number of hydrogen-bond donors (Lipinski definition) is 1. The van der Waals surface area contributed by atoms with Gasteiger partial charge in [0.2, 0.25) is 0 Å². The van der Waals surface area contributed by atoms with Crippen molar-refractivity contribution >= 4 is 11.9 Å². The molecule has 18 heavy (non-hydrogen) atoms. The van der Waals surface area contributed by atoms with Gasteiger partial charge in [0.05, 0.1) is 7.11 Å². The summed E-state index contributed by atoms with van der Waals surface area (Å²) < 4.78 is 10.5. The molecule has 2 aromatic heterocycles. The number of carbonyl (C=O) groups excluding carboxylic acids is 1. The Bertz CT molecular complexity index is 587. The molecule has 0 atom stereocenters. The van der Waals surface area contributed by atoms with Gasteiger partial charge in [0, 0.05) is 6.07 Å². The van der Waals surface area contributed by atoms with Crippen molar-refractivity contribution in [1.82, 2.24) is 19.9 Å². The van der Waals surface area contributed by atoms with Crippen LogP contribution in [0, 0.1) is 0 Å². The number of aromatic carboxylic acids is 1. The number of carboxylic acids is 1. The van der Waals surface area contributed by atoms with Gasteiger partial charge in [0.1, 0.15) is 12.9 Å². The lowest BCUT2D eigenvalue weighted by atomic mass is 10.3. The summed E-state index contributed by atoms with van der Waals surface area (Å²) in [6.07, 6.45) is 1.30. The van der Waals surface area contributed by atoms with E-state index in [0.717, 1.165) is 0 Å². The Morgan fingerprint density at radius 1 is 1.56 bits per heavy atom. The van der Waals surface area contributed by atoms with Gasteiger partial charge in [-0.05, 0) is 0 Å². The number of rotatable bonds is 4. The summed E-state index contributed by atoms with van der Waals surface area (Å²) in [5.41, 5.74) is -0.196. The predicted molar refractivity (Wildman–Crippen MR) is 53.9 cm³/mol. The molecule has 0 aliphatic heterocycles. The highest BCUT2D eigenvalue weighted by Gasteiger charge is 2.14.